The van der Waals surface area contributed by atoms with Gasteiger partial charge < -0.3 is 4.74 Å². The first-order chi connectivity index (χ1) is 10.7. The Morgan fingerprint density at radius 1 is 1.41 bits per heavy atom. The van der Waals surface area contributed by atoms with E-state index >= 15 is 0 Å². The molecule has 0 radical (unpaired) electrons. The maximum Gasteiger partial charge on any atom is 0.281 e. The van der Waals surface area contributed by atoms with Gasteiger partial charge in [0.25, 0.3) is 5.56 Å². The number of ether oxygens (including phenoxy) is 1. The third kappa shape index (κ3) is 3.86. The summed E-state index contributed by atoms with van der Waals surface area (Å²) in [7, 11) is 1.62. The minimum atomic E-state index is -0.269. The third-order valence-corrected chi connectivity index (χ3v) is 3.88. The number of thioether (sulfide) groups is 1. The molecule has 0 aliphatic rings. The molecule has 0 saturated heterocycles. The predicted octanol–water partition coefficient (Wildman–Crippen LogP) is 2.01. The van der Waals surface area contributed by atoms with Crippen molar-refractivity contribution in [2.45, 2.75) is 24.9 Å². The Labute approximate surface area is 132 Å². The molecule has 1 amide bonds. The van der Waals surface area contributed by atoms with Crippen molar-refractivity contribution in [2.24, 2.45) is 0 Å². The van der Waals surface area contributed by atoms with Crippen molar-refractivity contribution in [1.29, 1.82) is 0 Å². The summed E-state index contributed by atoms with van der Waals surface area (Å²) in [5, 5.41) is 0.945. The number of hydrogen-bond acceptors (Lipinski definition) is 5. The predicted molar refractivity (Wildman–Crippen MR) is 87.9 cm³/mol. The van der Waals surface area contributed by atoms with Crippen LogP contribution in [0.15, 0.2) is 34.2 Å². The van der Waals surface area contributed by atoms with Gasteiger partial charge in [0.1, 0.15) is 0 Å². The number of nitrogens with zero attached hydrogens (tertiary/aromatic N) is 2. The molecule has 0 unspecified atom stereocenters. The van der Waals surface area contributed by atoms with E-state index in [-0.39, 0.29) is 11.5 Å². The van der Waals surface area contributed by atoms with Gasteiger partial charge in [0.05, 0.1) is 17.5 Å². The molecule has 1 aromatic heterocycles. The van der Waals surface area contributed by atoms with Crippen LogP contribution in [0, 0.1) is 0 Å². The smallest absolute Gasteiger partial charge is 0.281 e. The highest BCUT2D eigenvalue weighted by atomic mass is 32.2. The van der Waals surface area contributed by atoms with Crippen LogP contribution in [0.3, 0.4) is 0 Å². The van der Waals surface area contributed by atoms with Gasteiger partial charge in [-0.3, -0.25) is 15.0 Å². The molecule has 6 nitrogen and oxygen atoms in total. The molecule has 2 aromatic rings. The van der Waals surface area contributed by atoms with Gasteiger partial charge in [-0.1, -0.05) is 30.8 Å². The van der Waals surface area contributed by atoms with E-state index < -0.39 is 0 Å². The largest absolute Gasteiger partial charge is 0.384 e. The maximum absolute atomic E-state index is 12.6. The lowest BCUT2D eigenvalue weighted by Crippen LogP contribution is -2.35. The number of benzene rings is 1. The van der Waals surface area contributed by atoms with E-state index in [4.69, 9.17) is 4.74 Å². The molecule has 0 spiro atoms. The van der Waals surface area contributed by atoms with Crippen LogP contribution in [-0.4, -0.2) is 35.0 Å². The van der Waals surface area contributed by atoms with Gasteiger partial charge in [0.2, 0.25) is 5.91 Å². The molecule has 0 fully saturated rings. The monoisotopic (exact) mass is 321 g/mol. The highest BCUT2D eigenvalue weighted by molar-refractivity contribution is 7.99. The zero-order valence-corrected chi connectivity index (χ0v) is 13.5. The number of hydrogen-bond donors (Lipinski definition) is 1. The normalized spacial score (nSPS) is 10.8. The molecule has 22 heavy (non-hydrogen) atoms. The molecule has 1 heterocycles. The van der Waals surface area contributed by atoms with Gasteiger partial charge in [-0.25, -0.2) is 4.98 Å². The zero-order chi connectivity index (χ0) is 15.9. The molecule has 1 N–H and O–H groups in total. The zero-order valence-electron chi connectivity index (χ0n) is 12.7. The van der Waals surface area contributed by atoms with Crippen LogP contribution in [0.25, 0.3) is 10.9 Å². The van der Waals surface area contributed by atoms with Gasteiger partial charge in [0.15, 0.2) is 5.16 Å². The van der Waals surface area contributed by atoms with E-state index in [0.29, 0.717) is 41.3 Å². The number of amides is 1. The van der Waals surface area contributed by atoms with Crippen molar-refractivity contribution in [2.75, 3.05) is 24.9 Å². The Morgan fingerprint density at radius 3 is 2.91 bits per heavy atom. The number of aromatic nitrogens is 2. The van der Waals surface area contributed by atoms with Crippen molar-refractivity contribution in [3.05, 3.63) is 34.6 Å². The van der Waals surface area contributed by atoms with Crippen LogP contribution in [0.5, 0.6) is 0 Å². The van der Waals surface area contributed by atoms with Gasteiger partial charge in [-0.05, 0) is 18.6 Å². The second-order valence-corrected chi connectivity index (χ2v) is 5.74. The Kier molecular flexibility index (Phi) is 5.97. The van der Waals surface area contributed by atoms with Crippen molar-refractivity contribution in [3.8, 4) is 0 Å². The molecule has 0 bridgehead atoms. The van der Waals surface area contributed by atoms with E-state index in [2.05, 4.69) is 10.4 Å². The second-order valence-electron chi connectivity index (χ2n) is 4.68. The fourth-order valence-electron chi connectivity index (χ4n) is 1.93. The molecule has 0 aliphatic heterocycles. The number of para-hydroxylation sites is 1. The van der Waals surface area contributed by atoms with E-state index in [9.17, 15) is 9.59 Å². The van der Waals surface area contributed by atoms with Crippen molar-refractivity contribution >= 4 is 28.6 Å². The van der Waals surface area contributed by atoms with Crippen LogP contribution in [0.2, 0.25) is 0 Å². The quantitative estimate of drug-likeness (QED) is 0.480. The summed E-state index contributed by atoms with van der Waals surface area (Å²) >= 11 is 1.37. The number of fused-ring (bicyclic) bond motifs is 1. The summed E-state index contributed by atoms with van der Waals surface area (Å²) in [5.74, 6) is 0.445. The average Bonchev–Trinajstić information content (AvgIpc) is 2.51. The first-order valence-electron chi connectivity index (χ1n) is 7.10. The van der Waals surface area contributed by atoms with Gasteiger partial charge in [0, 0.05) is 19.3 Å². The summed E-state index contributed by atoms with van der Waals surface area (Å²) in [4.78, 5) is 28.9. The molecule has 1 aromatic carbocycles. The summed E-state index contributed by atoms with van der Waals surface area (Å²) < 4.78 is 6.25. The van der Waals surface area contributed by atoms with Crippen LogP contribution >= 0.6 is 11.8 Å². The standard InChI is InChI=1S/C15H19N3O3S/c1-3-6-13(19)17-18-14(20)11-7-4-5-8-12(11)16-15(18)22-10-9-21-2/h4-5,7-8H,3,6,9-10H2,1-2H3,(H,17,19). The van der Waals surface area contributed by atoms with E-state index in [1.807, 2.05) is 13.0 Å². The van der Waals surface area contributed by atoms with Crippen LogP contribution in [0.4, 0.5) is 0 Å². The van der Waals surface area contributed by atoms with Gasteiger partial charge in [-0.2, -0.15) is 4.68 Å². The molecule has 0 aliphatic carbocycles. The van der Waals surface area contributed by atoms with Crippen molar-refractivity contribution < 1.29 is 9.53 Å². The third-order valence-electron chi connectivity index (χ3n) is 2.98. The topological polar surface area (TPSA) is 73.2 Å². The SMILES string of the molecule is CCCC(=O)Nn1c(SCCOC)nc2ccccc2c1=O. The summed E-state index contributed by atoms with van der Waals surface area (Å²) in [5.41, 5.74) is 2.99. The Morgan fingerprint density at radius 2 is 2.18 bits per heavy atom. The minimum absolute atomic E-state index is 0.199. The lowest BCUT2D eigenvalue weighted by Gasteiger charge is -2.13. The van der Waals surface area contributed by atoms with Gasteiger partial charge in [-0.15, -0.1) is 0 Å². The number of methoxy groups -OCH3 is 1. The number of carbonyl (C=O) groups is 1. The lowest BCUT2D eigenvalue weighted by molar-refractivity contribution is -0.117. The molecule has 0 atom stereocenters. The maximum atomic E-state index is 12.6. The highest BCUT2D eigenvalue weighted by Gasteiger charge is 2.13. The van der Waals surface area contributed by atoms with Crippen LogP contribution in [-0.2, 0) is 9.53 Å². The Bertz CT molecular complexity index is 715. The molecule has 0 saturated carbocycles. The summed E-state index contributed by atoms with van der Waals surface area (Å²) in [6.07, 6.45) is 1.08. The number of rotatable bonds is 7. The minimum Gasteiger partial charge on any atom is -0.384 e. The van der Waals surface area contributed by atoms with Crippen LogP contribution in [0.1, 0.15) is 19.8 Å². The van der Waals surface area contributed by atoms with Crippen molar-refractivity contribution in [3.63, 3.8) is 0 Å². The fraction of sp³-hybridized carbons (Fsp3) is 0.400. The van der Waals surface area contributed by atoms with E-state index in [1.54, 1.807) is 25.3 Å². The Balaban J connectivity index is 2.43. The molecule has 7 heteroatoms. The molecular weight excluding hydrogens is 302 g/mol. The number of nitrogens with one attached hydrogen (secondary N) is 1. The van der Waals surface area contributed by atoms with E-state index in [0.717, 1.165) is 0 Å². The van der Waals surface area contributed by atoms with Crippen molar-refractivity contribution in [1.82, 2.24) is 9.66 Å². The second kappa shape index (κ2) is 7.95. The first kappa shape index (κ1) is 16.5. The highest BCUT2D eigenvalue weighted by Crippen LogP contribution is 2.16. The van der Waals surface area contributed by atoms with Gasteiger partial charge >= 0.3 is 0 Å². The molecule has 2 rings (SSSR count). The summed E-state index contributed by atoms with van der Waals surface area (Å²) in [6, 6.07) is 7.10. The molecular formula is C15H19N3O3S. The number of carbonyl (C=O) groups excluding carboxylic acids is 1. The molecule has 118 valence electrons. The van der Waals surface area contributed by atoms with E-state index in [1.165, 1.54) is 16.4 Å². The first-order valence-corrected chi connectivity index (χ1v) is 8.09. The average molecular weight is 321 g/mol. The lowest BCUT2D eigenvalue weighted by atomic mass is 10.2. The van der Waals surface area contributed by atoms with Crippen LogP contribution < -0.4 is 11.0 Å². The summed E-state index contributed by atoms with van der Waals surface area (Å²) in [6.45, 7) is 2.45. The fourth-order valence-corrected chi connectivity index (χ4v) is 2.78. The Hall–Kier alpha value is -1.86.